The van der Waals surface area contributed by atoms with Crippen LogP contribution in [0.3, 0.4) is 0 Å². The third-order valence-electron chi connectivity index (χ3n) is 4.27. The summed E-state index contributed by atoms with van der Waals surface area (Å²) in [5, 5.41) is 4.10. The van der Waals surface area contributed by atoms with Crippen molar-refractivity contribution >= 4 is 73.2 Å². The lowest BCUT2D eigenvalue weighted by Crippen LogP contribution is -2.18. The zero-order valence-electron chi connectivity index (χ0n) is 16.8. The fourth-order valence-electron chi connectivity index (χ4n) is 2.83. The van der Waals surface area contributed by atoms with Crippen LogP contribution in [0.1, 0.15) is 27.0 Å². The summed E-state index contributed by atoms with van der Waals surface area (Å²) in [6.07, 6.45) is 1.61. The molecule has 0 aliphatic carbocycles. The van der Waals surface area contributed by atoms with Gasteiger partial charge in [-0.05, 0) is 93.6 Å². The topological polar surface area (TPSA) is 59.9 Å². The Morgan fingerprint density at radius 2 is 1.87 bits per heavy atom. The number of nitrogens with zero attached hydrogens (tertiary/aromatic N) is 1. The van der Waals surface area contributed by atoms with Crippen molar-refractivity contribution < 1.29 is 14.3 Å². The molecule has 0 spiro atoms. The summed E-state index contributed by atoms with van der Waals surface area (Å²) >= 11 is 7.86. The average Bonchev–Trinajstić information content (AvgIpc) is 2.73. The molecule has 0 heterocycles. The Bertz CT molecular complexity index is 1110. The molecule has 3 aromatic rings. The van der Waals surface area contributed by atoms with Crippen molar-refractivity contribution in [3.63, 3.8) is 0 Å². The summed E-state index contributed by atoms with van der Waals surface area (Å²) in [5.41, 5.74) is 6.14. The number of carbonyl (C=O) groups excluding carboxylic acids is 1. The van der Waals surface area contributed by atoms with E-state index in [1.54, 1.807) is 18.3 Å². The van der Waals surface area contributed by atoms with Crippen molar-refractivity contribution in [2.75, 3.05) is 7.11 Å². The van der Waals surface area contributed by atoms with Gasteiger partial charge in [-0.1, -0.05) is 45.8 Å². The van der Waals surface area contributed by atoms with Crippen LogP contribution in [0, 0.1) is 14.1 Å². The molecule has 0 radical (unpaired) electrons. The number of nitrogens with one attached hydrogen (secondary N) is 1. The Labute approximate surface area is 217 Å². The molecule has 5 nitrogen and oxygen atoms in total. The van der Waals surface area contributed by atoms with Crippen molar-refractivity contribution in [3.8, 4) is 11.5 Å². The molecule has 3 rings (SSSR count). The molecule has 8 heteroatoms. The third-order valence-corrected chi connectivity index (χ3v) is 6.37. The normalized spacial score (nSPS) is 10.9. The molecule has 160 valence electrons. The van der Waals surface area contributed by atoms with Crippen molar-refractivity contribution in [1.29, 1.82) is 0 Å². The highest BCUT2D eigenvalue weighted by molar-refractivity contribution is 14.1. The van der Waals surface area contributed by atoms with Gasteiger partial charge in [0.15, 0.2) is 0 Å². The van der Waals surface area contributed by atoms with E-state index in [1.165, 1.54) is 12.7 Å². The van der Waals surface area contributed by atoms with Crippen LogP contribution in [0.4, 0.5) is 0 Å². The minimum atomic E-state index is -0.350. The average molecular weight is 705 g/mol. The van der Waals surface area contributed by atoms with Gasteiger partial charge in [0.2, 0.25) is 0 Å². The van der Waals surface area contributed by atoms with Crippen molar-refractivity contribution in [1.82, 2.24) is 5.43 Å². The first-order valence-corrected chi connectivity index (χ1v) is 12.2. The maximum absolute atomic E-state index is 12.4. The summed E-state index contributed by atoms with van der Waals surface area (Å²) in [6, 6.07) is 17.4. The number of rotatable bonds is 7. The summed E-state index contributed by atoms with van der Waals surface area (Å²) in [5.74, 6) is 0.967. The maximum atomic E-state index is 12.4. The minimum absolute atomic E-state index is 0.350. The number of aryl methyl sites for hydroxylation is 1. The van der Waals surface area contributed by atoms with Gasteiger partial charge >= 0.3 is 0 Å². The van der Waals surface area contributed by atoms with E-state index in [9.17, 15) is 4.79 Å². The van der Waals surface area contributed by atoms with Gasteiger partial charge in [0.25, 0.3) is 5.91 Å². The van der Waals surface area contributed by atoms with Gasteiger partial charge in [-0.3, -0.25) is 4.79 Å². The molecule has 1 amide bonds. The molecule has 0 saturated heterocycles. The molecule has 0 aliphatic heterocycles. The number of halogens is 3. The Morgan fingerprint density at radius 1 is 1.13 bits per heavy atom. The number of hydrazone groups is 1. The van der Waals surface area contributed by atoms with E-state index < -0.39 is 0 Å². The molecule has 3 aromatic carbocycles. The number of ether oxygens (including phenoxy) is 2. The first-order valence-electron chi connectivity index (χ1n) is 9.21. The molecule has 0 bridgehead atoms. The van der Waals surface area contributed by atoms with E-state index in [4.69, 9.17) is 9.47 Å². The molecular weight excluding hydrogens is 686 g/mol. The predicted molar refractivity (Wildman–Crippen MR) is 143 cm³/mol. The molecule has 0 atom stereocenters. The Balaban J connectivity index is 1.68. The summed E-state index contributed by atoms with van der Waals surface area (Å²) < 4.78 is 14.0. The first kappa shape index (κ1) is 24.0. The van der Waals surface area contributed by atoms with Crippen LogP contribution in [0.2, 0.25) is 0 Å². The number of amides is 1. The first-order chi connectivity index (χ1) is 14.9. The summed E-state index contributed by atoms with van der Waals surface area (Å²) in [6.45, 7) is 2.57. The summed E-state index contributed by atoms with van der Waals surface area (Å²) in [4.78, 5) is 12.4. The molecule has 31 heavy (non-hydrogen) atoms. The van der Waals surface area contributed by atoms with Crippen LogP contribution in [0.15, 0.2) is 64.2 Å². The van der Waals surface area contributed by atoms with Gasteiger partial charge < -0.3 is 9.47 Å². The highest BCUT2D eigenvalue weighted by atomic mass is 127. The molecule has 0 saturated carbocycles. The van der Waals surface area contributed by atoms with Gasteiger partial charge in [-0.15, -0.1) is 0 Å². The van der Waals surface area contributed by atoms with Gasteiger partial charge in [0.05, 0.1) is 26.0 Å². The van der Waals surface area contributed by atoms with Gasteiger partial charge in [-0.25, -0.2) is 5.43 Å². The third kappa shape index (κ3) is 6.66. The molecule has 0 fully saturated rings. The number of carbonyl (C=O) groups is 1. The second-order valence-electron chi connectivity index (χ2n) is 6.64. The monoisotopic (exact) mass is 704 g/mol. The van der Waals surface area contributed by atoms with E-state index in [1.807, 2.05) is 24.3 Å². The molecule has 0 aromatic heterocycles. The van der Waals surface area contributed by atoms with Gasteiger partial charge in [-0.2, -0.15) is 5.10 Å². The number of hydrogen-bond donors (Lipinski definition) is 1. The van der Waals surface area contributed by atoms with E-state index in [2.05, 4.69) is 96.8 Å². The maximum Gasteiger partial charge on any atom is 0.275 e. The Kier molecular flexibility index (Phi) is 8.73. The highest BCUT2D eigenvalue weighted by Crippen LogP contribution is 2.29. The second-order valence-corrected chi connectivity index (χ2v) is 9.88. The lowest BCUT2D eigenvalue weighted by Gasteiger charge is -2.12. The van der Waals surface area contributed by atoms with Crippen LogP contribution >= 0.6 is 61.1 Å². The zero-order valence-corrected chi connectivity index (χ0v) is 22.7. The van der Waals surface area contributed by atoms with Crippen molar-refractivity contribution in [2.24, 2.45) is 5.10 Å². The van der Waals surface area contributed by atoms with Crippen LogP contribution in [0.5, 0.6) is 11.5 Å². The molecule has 0 aliphatic rings. The van der Waals surface area contributed by atoms with Crippen LogP contribution in [-0.4, -0.2) is 19.2 Å². The fourth-order valence-corrected chi connectivity index (χ4v) is 5.32. The van der Waals surface area contributed by atoms with E-state index >= 15 is 0 Å². The fraction of sp³-hybridized carbons (Fsp3) is 0.130. The van der Waals surface area contributed by atoms with E-state index in [0.717, 1.165) is 28.5 Å². The smallest absolute Gasteiger partial charge is 0.275 e. The SMILES string of the molecule is COc1ccc(Br)cc1C(=O)N/N=C\c1cc(I)c(OCc2cccc(C)c2)c(I)c1. The Morgan fingerprint density at radius 3 is 2.55 bits per heavy atom. The van der Waals surface area contributed by atoms with Crippen LogP contribution in [-0.2, 0) is 6.61 Å². The van der Waals surface area contributed by atoms with Crippen molar-refractivity contribution in [2.45, 2.75) is 13.5 Å². The van der Waals surface area contributed by atoms with E-state index in [0.29, 0.717) is 17.9 Å². The molecule has 1 N–H and O–H groups in total. The quantitative estimate of drug-likeness (QED) is 0.178. The van der Waals surface area contributed by atoms with Crippen LogP contribution in [0.25, 0.3) is 0 Å². The van der Waals surface area contributed by atoms with Gasteiger partial charge in [0, 0.05) is 4.47 Å². The second kappa shape index (κ2) is 11.3. The largest absolute Gasteiger partial charge is 0.496 e. The lowest BCUT2D eigenvalue weighted by molar-refractivity contribution is 0.0952. The van der Waals surface area contributed by atoms with Crippen LogP contribution < -0.4 is 14.9 Å². The number of hydrogen-bond acceptors (Lipinski definition) is 4. The standard InChI is InChI=1S/C23H19BrI2N2O3/c1-14-4-3-5-15(8-14)13-31-22-19(25)9-16(10-20(22)26)12-27-28-23(29)18-11-17(24)6-7-21(18)30-2/h3-12H,13H2,1-2H3,(H,28,29)/b27-12-. The predicted octanol–water partition coefficient (Wildman–Crippen LogP) is 6.32. The lowest BCUT2D eigenvalue weighted by atomic mass is 10.1. The van der Waals surface area contributed by atoms with Crippen molar-refractivity contribution in [3.05, 3.63) is 88.5 Å². The number of methoxy groups -OCH3 is 1. The highest BCUT2D eigenvalue weighted by Gasteiger charge is 2.12. The Hall–Kier alpha value is -1.66. The number of benzene rings is 3. The minimum Gasteiger partial charge on any atom is -0.496 e. The van der Waals surface area contributed by atoms with Gasteiger partial charge in [0.1, 0.15) is 18.1 Å². The zero-order chi connectivity index (χ0) is 22.4. The molecule has 0 unspecified atom stereocenters. The van der Waals surface area contributed by atoms with E-state index in [-0.39, 0.29) is 5.91 Å². The molecular formula is C23H19BrI2N2O3. The summed E-state index contributed by atoms with van der Waals surface area (Å²) in [7, 11) is 1.52.